The molecule has 3 aliphatic rings. The summed E-state index contributed by atoms with van der Waals surface area (Å²) < 4.78 is 11.9. The monoisotopic (exact) mass is 439 g/mol. The molecule has 2 unspecified atom stereocenters. The van der Waals surface area contributed by atoms with E-state index in [0.29, 0.717) is 12.5 Å². The Bertz CT molecular complexity index is 596. The van der Waals surface area contributed by atoms with Gasteiger partial charge in [0.05, 0.1) is 32.7 Å². The minimum atomic E-state index is 0. The molecule has 1 aromatic rings. The van der Waals surface area contributed by atoms with E-state index in [0.717, 1.165) is 57.2 Å². The van der Waals surface area contributed by atoms with Crippen molar-refractivity contribution in [1.82, 2.24) is 4.90 Å². The maximum atomic E-state index is 12.5. The van der Waals surface area contributed by atoms with Gasteiger partial charge in [-0.2, -0.15) is 0 Å². The van der Waals surface area contributed by atoms with Crippen LogP contribution in [-0.2, 0) is 4.79 Å². The molecule has 0 bridgehead atoms. The summed E-state index contributed by atoms with van der Waals surface area (Å²) in [5.74, 6) is 2.03. The van der Waals surface area contributed by atoms with Crippen LogP contribution in [0.25, 0.3) is 0 Å². The van der Waals surface area contributed by atoms with Gasteiger partial charge in [-0.3, -0.25) is 4.79 Å². The summed E-state index contributed by atoms with van der Waals surface area (Å²) in [5.41, 5.74) is 0. The smallest absolute Gasteiger partial charge is 0.281 e. The van der Waals surface area contributed by atoms with Crippen molar-refractivity contribution in [2.24, 2.45) is 0 Å². The molecule has 28 heavy (non-hydrogen) atoms. The van der Waals surface area contributed by atoms with Crippen LogP contribution in [0.2, 0.25) is 0 Å². The molecule has 2 saturated heterocycles. The molecule has 0 aliphatic carbocycles. The Labute approximate surface area is 178 Å². The van der Waals surface area contributed by atoms with Crippen LogP contribution in [0.5, 0.6) is 11.5 Å². The van der Waals surface area contributed by atoms with Crippen LogP contribution >= 0.6 is 0 Å². The molecule has 8 nitrogen and oxygen atoms in total. The van der Waals surface area contributed by atoms with Gasteiger partial charge in [0.15, 0.2) is 23.6 Å². The number of piperazine rings is 1. The van der Waals surface area contributed by atoms with Crippen LogP contribution < -0.4 is 44.5 Å². The molecule has 0 aromatic heterocycles. The van der Waals surface area contributed by atoms with Crippen molar-refractivity contribution in [2.75, 3.05) is 45.9 Å². The van der Waals surface area contributed by atoms with E-state index >= 15 is 0 Å². The summed E-state index contributed by atoms with van der Waals surface area (Å²) in [5, 5.41) is 2.20. The Hall–Kier alpha value is -1.29. The highest BCUT2D eigenvalue weighted by molar-refractivity contribution is 5.80. The van der Waals surface area contributed by atoms with Gasteiger partial charge in [0.25, 0.3) is 5.91 Å². The van der Waals surface area contributed by atoms with E-state index in [1.165, 1.54) is 11.3 Å². The van der Waals surface area contributed by atoms with Gasteiger partial charge in [-0.25, -0.2) is 0 Å². The van der Waals surface area contributed by atoms with Crippen LogP contribution in [0.1, 0.15) is 12.8 Å². The highest BCUT2D eigenvalue weighted by Gasteiger charge is 2.34. The first kappa shape index (κ1) is 26.7. The number of hydrogen-bond acceptors (Lipinski definition) is 3. The van der Waals surface area contributed by atoms with E-state index < -0.39 is 0 Å². The molecule has 3 aliphatic heterocycles. The summed E-state index contributed by atoms with van der Waals surface area (Å²) >= 11 is 0. The van der Waals surface area contributed by atoms with E-state index in [-0.39, 0.29) is 47.9 Å². The summed E-state index contributed by atoms with van der Waals surface area (Å²) in [4.78, 5) is 16.0. The topological polar surface area (TPSA) is 123 Å². The Morgan fingerprint density at radius 1 is 1.14 bits per heavy atom. The third-order valence-corrected chi connectivity index (χ3v) is 5.35. The number of nitrogens with one attached hydrogen (secondary N) is 1. The lowest BCUT2D eigenvalue weighted by molar-refractivity contribution is -0.906. The zero-order chi connectivity index (χ0) is 16.4. The maximum absolute atomic E-state index is 12.5. The molecule has 2 atom stereocenters. The number of benzene rings is 1. The average Bonchev–Trinajstić information content (AvgIpc) is 3.16. The number of nitrogens with zero attached hydrogens (tertiary/aromatic N) is 1. The third-order valence-electron chi connectivity index (χ3n) is 5.35. The summed E-state index contributed by atoms with van der Waals surface area (Å²) in [7, 11) is 0. The first-order valence-corrected chi connectivity index (χ1v) is 9.14. The molecule has 10 heteroatoms. The quantitative estimate of drug-likeness (QED) is 0.485. The number of quaternary nitrogens is 2. The molecule has 3 heterocycles. The molecule has 1 aromatic carbocycles. The van der Waals surface area contributed by atoms with E-state index in [1.807, 2.05) is 24.3 Å². The van der Waals surface area contributed by atoms with E-state index in [9.17, 15) is 4.79 Å². The zero-order valence-corrected chi connectivity index (χ0v) is 17.3. The van der Waals surface area contributed by atoms with Gasteiger partial charge in [0.2, 0.25) is 0 Å². The van der Waals surface area contributed by atoms with Gasteiger partial charge in [0, 0.05) is 12.8 Å². The van der Waals surface area contributed by atoms with Crippen LogP contribution in [0, 0.1) is 0 Å². The maximum Gasteiger partial charge on any atom is 0.281 e. The largest absolute Gasteiger partial charge is 1.00 e. The van der Waals surface area contributed by atoms with Crippen LogP contribution in [0.4, 0.5) is 0 Å². The number of amides is 1. The van der Waals surface area contributed by atoms with Gasteiger partial charge in [-0.15, -0.1) is 0 Å². The lowest BCUT2D eigenvalue weighted by Crippen LogP contribution is -3.16. The fourth-order valence-corrected chi connectivity index (χ4v) is 3.97. The van der Waals surface area contributed by atoms with Crippen molar-refractivity contribution < 1.29 is 60.3 Å². The molecule has 4 rings (SSSR count). The van der Waals surface area contributed by atoms with Gasteiger partial charge < -0.3 is 60.4 Å². The minimum Gasteiger partial charge on any atom is -1.00 e. The number of nitrogens with two attached hydrogens (primary N) is 1. The van der Waals surface area contributed by atoms with Gasteiger partial charge in [-0.05, 0) is 12.1 Å². The minimum absolute atomic E-state index is 0. The number of carbonyl (C=O) groups excluding carboxylic acids is 1. The van der Waals surface area contributed by atoms with Crippen molar-refractivity contribution in [2.45, 2.75) is 25.0 Å². The molecule has 0 spiro atoms. The van der Waals surface area contributed by atoms with Crippen molar-refractivity contribution in [1.29, 1.82) is 0 Å². The van der Waals surface area contributed by atoms with E-state index in [1.54, 1.807) is 0 Å². The SMILES string of the molecule is O.O.O=C(C1CCC[NH2+]1)N1CC[NH+](CC2COc3ccccc3O2)CC1.[Cl-].[Cl-]. The van der Waals surface area contributed by atoms with Crippen molar-refractivity contribution in [3.63, 3.8) is 0 Å². The fourth-order valence-electron chi connectivity index (χ4n) is 3.97. The van der Waals surface area contributed by atoms with Gasteiger partial charge in [-0.1, -0.05) is 12.1 Å². The predicted molar refractivity (Wildman–Crippen MR) is 95.5 cm³/mol. The zero-order valence-electron chi connectivity index (χ0n) is 15.8. The molecular weight excluding hydrogens is 409 g/mol. The Morgan fingerprint density at radius 3 is 2.46 bits per heavy atom. The first-order valence-electron chi connectivity index (χ1n) is 9.14. The van der Waals surface area contributed by atoms with Crippen molar-refractivity contribution >= 4 is 5.91 Å². The normalized spacial score (nSPS) is 23.4. The van der Waals surface area contributed by atoms with E-state index in [4.69, 9.17) is 9.47 Å². The van der Waals surface area contributed by atoms with E-state index in [2.05, 4.69) is 10.2 Å². The number of para-hydroxylation sites is 2. The molecule has 2 fully saturated rings. The number of fused-ring (bicyclic) bond motifs is 1. The first-order chi connectivity index (χ1) is 11.8. The third kappa shape index (κ3) is 6.10. The van der Waals surface area contributed by atoms with Crippen molar-refractivity contribution in [3.05, 3.63) is 24.3 Å². The number of rotatable bonds is 3. The molecule has 0 saturated carbocycles. The second-order valence-electron chi connectivity index (χ2n) is 7.05. The fraction of sp³-hybridized carbons (Fsp3) is 0.611. The Balaban J connectivity index is 0.00000182. The standard InChI is InChI=1S/C18H25N3O3.2ClH.2H2O/c22-18(15-4-3-7-19-15)21-10-8-20(9-11-21)12-14-13-23-16-5-1-2-6-17(16)24-14;;;;/h1-2,5-6,14-15,19H,3-4,7-13H2;2*1H;2*1H2. The molecule has 162 valence electrons. The highest BCUT2D eigenvalue weighted by Crippen LogP contribution is 2.30. The summed E-state index contributed by atoms with van der Waals surface area (Å²) in [6, 6.07) is 8.03. The summed E-state index contributed by atoms with van der Waals surface area (Å²) in [6.45, 7) is 6.37. The molecule has 0 radical (unpaired) electrons. The predicted octanol–water partition coefficient (Wildman–Crippen LogP) is -9.36. The molecule has 7 N–H and O–H groups in total. The second-order valence-corrected chi connectivity index (χ2v) is 7.05. The average molecular weight is 440 g/mol. The Morgan fingerprint density at radius 2 is 1.82 bits per heavy atom. The van der Waals surface area contributed by atoms with Crippen molar-refractivity contribution in [3.8, 4) is 11.5 Å². The number of hydrogen-bond donors (Lipinski definition) is 2. The van der Waals surface area contributed by atoms with Crippen LogP contribution in [0.3, 0.4) is 0 Å². The van der Waals surface area contributed by atoms with Gasteiger partial charge >= 0.3 is 0 Å². The van der Waals surface area contributed by atoms with Crippen LogP contribution in [-0.4, -0.2) is 79.8 Å². The Kier molecular flexibility index (Phi) is 11.7. The number of ether oxygens (including phenoxy) is 2. The molecular formula is C18H31Cl2N3O5. The molecule has 1 amide bonds. The lowest BCUT2D eigenvalue weighted by atomic mass is 10.2. The number of halogens is 2. The number of carbonyl (C=O) groups is 1. The lowest BCUT2D eigenvalue weighted by Gasteiger charge is -2.35. The second kappa shape index (κ2) is 12.3. The van der Waals surface area contributed by atoms with Gasteiger partial charge in [0.1, 0.15) is 13.2 Å². The van der Waals surface area contributed by atoms with Crippen LogP contribution in [0.15, 0.2) is 24.3 Å². The highest BCUT2D eigenvalue weighted by atomic mass is 35.5. The summed E-state index contributed by atoms with van der Waals surface area (Å²) in [6.07, 6.45) is 2.31.